The molecule has 13 heteroatoms. The van der Waals surface area contributed by atoms with Gasteiger partial charge in [0.15, 0.2) is 0 Å². The molecule has 198 valence electrons. The van der Waals surface area contributed by atoms with Crippen molar-refractivity contribution in [2.75, 3.05) is 6.61 Å². The van der Waals surface area contributed by atoms with Crippen molar-refractivity contribution >= 4 is 35.7 Å². The maximum atomic E-state index is 13.0. The maximum absolute atomic E-state index is 13.0. The molecule has 0 amide bonds. The lowest BCUT2D eigenvalue weighted by Gasteiger charge is -2.27. The van der Waals surface area contributed by atoms with Crippen LogP contribution in [0, 0.1) is 0 Å². The minimum atomic E-state index is -4.75. The Morgan fingerprint density at radius 3 is 2.00 bits per heavy atom. The first-order valence-corrected chi connectivity index (χ1v) is 10.8. The summed E-state index contributed by atoms with van der Waals surface area (Å²) in [4.78, 5) is 22.4. The van der Waals surface area contributed by atoms with Crippen LogP contribution in [-0.4, -0.2) is 48.2 Å². The molecule has 0 radical (unpaired) electrons. The van der Waals surface area contributed by atoms with Gasteiger partial charge >= 0.3 is 24.3 Å². The Kier molecular flexibility index (Phi) is 8.11. The molecule has 0 spiro atoms. The van der Waals surface area contributed by atoms with Gasteiger partial charge in [-0.2, -0.15) is 26.3 Å². The molecular formula is C24H17ClF6O6. The van der Waals surface area contributed by atoms with Crippen molar-refractivity contribution in [3.63, 3.8) is 0 Å². The van der Waals surface area contributed by atoms with E-state index in [1.165, 1.54) is 43.3 Å². The lowest BCUT2D eigenvalue weighted by molar-refractivity contribution is -0.187. The number of benzene rings is 2. The molecule has 2 aromatic carbocycles. The van der Waals surface area contributed by atoms with Crippen LogP contribution in [0.25, 0.3) is 12.2 Å². The topological polar surface area (TPSA) is 82.1 Å². The Hall–Kier alpha value is -3.67. The summed E-state index contributed by atoms with van der Waals surface area (Å²) in [6.45, 7) is 1.48. The first kappa shape index (κ1) is 27.9. The third kappa shape index (κ3) is 6.56. The minimum Gasteiger partial charge on any atom is -0.478 e. The average molecular weight is 551 g/mol. The maximum Gasteiger partial charge on any atom is 0.430 e. The molecular weight excluding hydrogens is 534 g/mol. The van der Waals surface area contributed by atoms with Crippen molar-refractivity contribution in [3.05, 3.63) is 69.8 Å². The molecule has 2 aliphatic heterocycles. The molecule has 1 N–H and O–H groups in total. The van der Waals surface area contributed by atoms with Crippen molar-refractivity contribution in [1.82, 2.24) is 0 Å². The number of rotatable bonds is 3. The summed E-state index contributed by atoms with van der Waals surface area (Å²) in [6.07, 6.45) is -12.1. The molecule has 2 aliphatic rings. The first-order chi connectivity index (χ1) is 17.2. The number of alkyl halides is 6. The first-order valence-electron chi connectivity index (χ1n) is 10.4. The second kappa shape index (κ2) is 10.8. The third-order valence-electron chi connectivity index (χ3n) is 4.92. The normalized spacial score (nSPS) is 18.4. The van der Waals surface area contributed by atoms with E-state index in [0.29, 0.717) is 16.1 Å². The Morgan fingerprint density at radius 2 is 1.43 bits per heavy atom. The summed E-state index contributed by atoms with van der Waals surface area (Å²) < 4.78 is 91.0. The van der Waals surface area contributed by atoms with Gasteiger partial charge in [0, 0.05) is 16.1 Å². The molecule has 2 unspecified atom stereocenters. The lowest BCUT2D eigenvalue weighted by Crippen LogP contribution is -2.40. The predicted octanol–water partition coefficient (Wildman–Crippen LogP) is 6.09. The van der Waals surface area contributed by atoms with Gasteiger partial charge < -0.3 is 19.3 Å². The number of carbonyl (C=O) groups excluding carboxylic acids is 1. The monoisotopic (exact) mass is 550 g/mol. The second-order valence-electron chi connectivity index (χ2n) is 7.52. The number of para-hydroxylation sites is 1. The van der Waals surface area contributed by atoms with E-state index in [4.69, 9.17) is 26.2 Å². The third-order valence-corrected chi connectivity index (χ3v) is 5.16. The number of halogens is 7. The number of carboxylic acid groups (broad SMARTS) is 1. The highest BCUT2D eigenvalue weighted by atomic mass is 35.5. The van der Waals surface area contributed by atoms with Gasteiger partial charge in [-0.3, -0.25) is 0 Å². The van der Waals surface area contributed by atoms with Crippen LogP contribution in [0.4, 0.5) is 26.3 Å². The number of carboxylic acids is 1. The van der Waals surface area contributed by atoms with Gasteiger partial charge in [-0.25, -0.2) is 9.59 Å². The number of hydrogen-bond donors (Lipinski definition) is 1. The van der Waals surface area contributed by atoms with Gasteiger partial charge in [0.05, 0.1) is 17.8 Å². The Morgan fingerprint density at radius 1 is 0.892 bits per heavy atom. The highest BCUT2D eigenvalue weighted by Crippen LogP contribution is 2.39. The Labute approximate surface area is 210 Å². The predicted molar refractivity (Wildman–Crippen MR) is 119 cm³/mol. The largest absolute Gasteiger partial charge is 0.478 e. The van der Waals surface area contributed by atoms with Crippen LogP contribution in [0.5, 0.6) is 11.5 Å². The van der Waals surface area contributed by atoms with Crippen LogP contribution < -0.4 is 9.47 Å². The average Bonchev–Trinajstić information content (AvgIpc) is 2.81. The molecule has 0 saturated carbocycles. The van der Waals surface area contributed by atoms with Crippen molar-refractivity contribution in [2.24, 2.45) is 0 Å². The van der Waals surface area contributed by atoms with E-state index in [2.05, 4.69) is 4.74 Å². The number of ether oxygens (including phenoxy) is 3. The molecule has 2 aromatic rings. The molecule has 4 rings (SSSR count). The molecule has 0 saturated heterocycles. The van der Waals surface area contributed by atoms with Crippen molar-refractivity contribution in [1.29, 1.82) is 0 Å². The number of carbonyl (C=O) groups is 2. The zero-order chi connectivity index (χ0) is 27.5. The zero-order valence-electron chi connectivity index (χ0n) is 18.7. The van der Waals surface area contributed by atoms with Crippen LogP contribution in [0.15, 0.2) is 53.6 Å². The Bertz CT molecular complexity index is 1250. The molecule has 0 aliphatic carbocycles. The molecule has 0 fully saturated rings. The van der Waals surface area contributed by atoms with E-state index >= 15 is 0 Å². The lowest BCUT2D eigenvalue weighted by atomic mass is 10.0. The molecule has 0 bridgehead atoms. The van der Waals surface area contributed by atoms with Gasteiger partial charge in [0.2, 0.25) is 12.2 Å². The zero-order valence-corrected chi connectivity index (χ0v) is 19.4. The van der Waals surface area contributed by atoms with Gasteiger partial charge in [0.1, 0.15) is 11.5 Å². The van der Waals surface area contributed by atoms with E-state index in [9.17, 15) is 35.9 Å². The molecule has 37 heavy (non-hydrogen) atoms. The summed E-state index contributed by atoms with van der Waals surface area (Å²) in [7, 11) is 0. The van der Waals surface area contributed by atoms with Gasteiger partial charge in [-0.1, -0.05) is 29.8 Å². The van der Waals surface area contributed by atoms with Crippen LogP contribution in [0.3, 0.4) is 0 Å². The summed E-state index contributed by atoms with van der Waals surface area (Å²) in [5.41, 5.74) is -0.767. The van der Waals surface area contributed by atoms with Crippen LogP contribution in [-0.2, 0) is 14.3 Å². The summed E-state index contributed by atoms with van der Waals surface area (Å²) in [5, 5.41) is 9.08. The molecule has 6 nitrogen and oxygen atoms in total. The van der Waals surface area contributed by atoms with E-state index < -0.39 is 47.6 Å². The van der Waals surface area contributed by atoms with Crippen molar-refractivity contribution in [3.8, 4) is 11.5 Å². The number of esters is 1. The summed E-state index contributed by atoms with van der Waals surface area (Å²) in [5.74, 6) is -2.65. The molecule has 2 heterocycles. The van der Waals surface area contributed by atoms with Crippen LogP contribution >= 0.6 is 11.6 Å². The SMILES string of the molecule is CCOC(=O)C1=Cc2cc(Cl)ccc2OC1C(F)(F)F.O=C(O)C1=Cc2ccccc2OC1C(F)(F)F. The number of fused-ring (bicyclic) bond motifs is 2. The molecule has 0 aromatic heterocycles. The number of aliphatic carboxylic acids is 1. The highest BCUT2D eigenvalue weighted by Gasteiger charge is 2.49. The van der Waals surface area contributed by atoms with E-state index in [-0.39, 0.29) is 18.1 Å². The van der Waals surface area contributed by atoms with Gasteiger partial charge in [-0.15, -0.1) is 0 Å². The quantitative estimate of drug-likeness (QED) is 0.368. The van der Waals surface area contributed by atoms with Crippen molar-refractivity contribution < 1.29 is 55.2 Å². The molecule has 2 atom stereocenters. The van der Waals surface area contributed by atoms with Gasteiger partial charge in [-0.05, 0) is 43.3 Å². The fourth-order valence-corrected chi connectivity index (χ4v) is 3.53. The number of hydrogen-bond acceptors (Lipinski definition) is 5. The Balaban J connectivity index is 0.000000208. The van der Waals surface area contributed by atoms with E-state index in [1.807, 2.05) is 0 Å². The smallest absolute Gasteiger partial charge is 0.430 e. The van der Waals surface area contributed by atoms with E-state index in [1.54, 1.807) is 6.07 Å². The second-order valence-corrected chi connectivity index (χ2v) is 7.96. The summed E-state index contributed by atoms with van der Waals surface area (Å²) in [6, 6.07) is 10.1. The van der Waals surface area contributed by atoms with Crippen molar-refractivity contribution in [2.45, 2.75) is 31.5 Å². The standard InChI is InChI=1S/C13H10ClF3O3.C11H7F3O3/c1-2-19-12(18)9-6-7-5-8(14)3-4-10(7)20-11(9)13(15,16)17;12-11(13,14)9-7(10(15)16)5-6-3-1-2-4-8(6)17-9/h3-6,11H,2H2,1H3;1-5,9H,(H,15,16). The highest BCUT2D eigenvalue weighted by molar-refractivity contribution is 6.30. The van der Waals surface area contributed by atoms with Gasteiger partial charge in [0.25, 0.3) is 0 Å². The van der Waals surface area contributed by atoms with E-state index in [0.717, 1.165) is 12.2 Å². The fourth-order valence-electron chi connectivity index (χ4n) is 3.35. The fraction of sp³-hybridized carbons (Fsp3) is 0.250. The minimum absolute atomic E-state index is 0.0183. The van der Waals surface area contributed by atoms with Crippen LogP contribution in [0.2, 0.25) is 5.02 Å². The van der Waals surface area contributed by atoms with Crippen LogP contribution in [0.1, 0.15) is 18.1 Å². The summed E-state index contributed by atoms with van der Waals surface area (Å²) >= 11 is 5.77.